The van der Waals surface area contributed by atoms with Gasteiger partial charge in [-0.25, -0.2) is 13.2 Å². The van der Waals surface area contributed by atoms with E-state index in [1.807, 2.05) is 44.2 Å². The van der Waals surface area contributed by atoms with Gasteiger partial charge in [0.15, 0.2) is 5.54 Å². The molecule has 1 heterocycles. The van der Waals surface area contributed by atoms with Crippen LogP contribution in [0.4, 0.5) is 0 Å². The number of benzene rings is 2. The fourth-order valence-electron chi connectivity index (χ4n) is 3.50. The maximum atomic E-state index is 13.1. The van der Waals surface area contributed by atoms with Crippen molar-refractivity contribution < 1.29 is 17.9 Å². The van der Waals surface area contributed by atoms with Crippen LogP contribution >= 0.6 is 0 Å². The summed E-state index contributed by atoms with van der Waals surface area (Å²) in [5.74, 6) is -0.600. The lowest BCUT2D eigenvalue weighted by Crippen LogP contribution is -2.59. The van der Waals surface area contributed by atoms with E-state index in [0.29, 0.717) is 5.56 Å². The second-order valence-electron chi connectivity index (χ2n) is 6.56. The van der Waals surface area contributed by atoms with E-state index in [2.05, 4.69) is 4.72 Å². The highest BCUT2D eigenvalue weighted by Crippen LogP contribution is 2.49. The number of esters is 1. The molecule has 0 unspecified atom stereocenters. The summed E-state index contributed by atoms with van der Waals surface area (Å²) in [4.78, 5) is 13.2. The predicted octanol–water partition coefficient (Wildman–Crippen LogP) is 2.71. The second kappa shape index (κ2) is 5.97. The first kappa shape index (κ1) is 17.6. The lowest BCUT2D eigenvalue weighted by Gasteiger charge is -2.42. The fourth-order valence-corrected chi connectivity index (χ4v) is 5.23. The molecule has 25 heavy (non-hydrogen) atoms. The normalized spacial score (nSPS) is 21.6. The Labute approximate surface area is 148 Å². The first-order valence-corrected chi connectivity index (χ1v) is 9.62. The minimum absolute atomic E-state index is 0.118. The summed E-state index contributed by atoms with van der Waals surface area (Å²) in [5.41, 5.74) is -1.15. The summed E-state index contributed by atoms with van der Waals surface area (Å²) in [6.45, 7) is 5.57. The Morgan fingerprint density at radius 2 is 1.68 bits per heavy atom. The molecule has 0 saturated carbocycles. The standard InChI is InChI=1S/C19H21NO4S/c1-4-24-17(21)19(18(2,3)14-10-6-5-7-11-14)15-12-8-9-13-16(15)25(22,23)20-19/h5-13,20H,4H2,1-3H3/t19-/m1/s1. The lowest BCUT2D eigenvalue weighted by atomic mass is 9.65. The molecule has 0 radical (unpaired) electrons. The Kier molecular flexibility index (Phi) is 4.21. The van der Waals surface area contributed by atoms with Crippen LogP contribution in [-0.2, 0) is 30.5 Å². The molecule has 0 aromatic heterocycles. The van der Waals surface area contributed by atoms with E-state index >= 15 is 0 Å². The zero-order valence-electron chi connectivity index (χ0n) is 14.4. The quantitative estimate of drug-likeness (QED) is 0.852. The van der Waals surface area contributed by atoms with E-state index in [-0.39, 0.29) is 11.5 Å². The van der Waals surface area contributed by atoms with Crippen LogP contribution in [0.1, 0.15) is 31.9 Å². The second-order valence-corrected chi connectivity index (χ2v) is 8.21. The Balaban J connectivity index is 2.33. The van der Waals surface area contributed by atoms with Crippen molar-refractivity contribution in [2.45, 2.75) is 36.6 Å². The zero-order chi connectivity index (χ0) is 18.3. The maximum absolute atomic E-state index is 13.1. The monoisotopic (exact) mass is 359 g/mol. The Bertz CT molecular complexity index is 906. The molecule has 1 aliphatic rings. The molecule has 2 aromatic rings. The number of fused-ring (bicyclic) bond motifs is 1. The van der Waals surface area contributed by atoms with Gasteiger partial charge in [-0.1, -0.05) is 62.4 Å². The minimum atomic E-state index is -3.82. The Morgan fingerprint density at radius 1 is 1.08 bits per heavy atom. The van der Waals surface area contributed by atoms with Gasteiger partial charge in [0, 0.05) is 11.0 Å². The molecule has 0 bridgehead atoms. The van der Waals surface area contributed by atoms with Crippen LogP contribution in [0.2, 0.25) is 0 Å². The lowest BCUT2D eigenvalue weighted by molar-refractivity contribution is -0.153. The van der Waals surface area contributed by atoms with Gasteiger partial charge in [-0.15, -0.1) is 0 Å². The molecule has 0 aliphatic carbocycles. The molecule has 132 valence electrons. The summed E-state index contributed by atoms with van der Waals surface area (Å²) in [5, 5.41) is 0. The number of rotatable bonds is 4. The van der Waals surface area contributed by atoms with Crippen LogP contribution in [0.15, 0.2) is 59.5 Å². The van der Waals surface area contributed by atoms with Gasteiger partial charge in [0.1, 0.15) is 0 Å². The van der Waals surface area contributed by atoms with Gasteiger partial charge in [0.2, 0.25) is 10.0 Å². The van der Waals surface area contributed by atoms with Gasteiger partial charge in [0.05, 0.1) is 11.5 Å². The number of nitrogens with one attached hydrogen (secondary N) is 1. The van der Waals surface area contributed by atoms with E-state index in [4.69, 9.17) is 4.74 Å². The van der Waals surface area contributed by atoms with Crippen molar-refractivity contribution in [2.75, 3.05) is 6.61 Å². The van der Waals surface area contributed by atoms with Crippen molar-refractivity contribution >= 4 is 16.0 Å². The van der Waals surface area contributed by atoms with Crippen molar-refractivity contribution in [3.8, 4) is 0 Å². The summed E-state index contributed by atoms with van der Waals surface area (Å²) in [6, 6.07) is 16.0. The third kappa shape index (κ3) is 2.48. The van der Waals surface area contributed by atoms with Crippen molar-refractivity contribution in [1.29, 1.82) is 0 Å². The molecule has 1 atom stereocenters. The number of ether oxygens (including phenoxy) is 1. The van der Waals surface area contributed by atoms with E-state index in [1.54, 1.807) is 25.1 Å². The molecule has 0 fully saturated rings. The van der Waals surface area contributed by atoms with Crippen molar-refractivity contribution in [3.63, 3.8) is 0 Å². The van der Waals surface area contributed by atoms with Crippen LogP contribution in [0, 0.1) is 0 Å². The molecular weight excluding hydrogens is 338 g/mol. The largest absolute Gasteiger partial charge is 0.464 e. The zero-order valence-corrected chi connectivity index (χ0v) is 15.3. The first-order valence-electron chi connectivity index (χ1n) is 8.13. The Hall–Kier alpha value is -2.18. The van der Waals surface area contributed by atoms with Gasteiger partial charge in [-0.3, -0.25) is 0 Å². The third-order valence-corrected chi connectivity index (χ3v) is 6.39. The van der Waals surface area contributed by atoms with Crippen LogP contribution in [0.5, 0.6) is 0 Å². The molecular formula is C19H21NO4S. The molecule has 6 heteroatoms. The summed E-state index contributed by atoms with van der Waals surface area (Å²) in [7, 11) is -3.82. The van der Waals surface area contributed by atoms with Crippen LogP contribution < -0.4 is 4.72 Å². The van der Waals surface area contributed by atoms with Crippen LogP contribution in [0.3, 0.4) is 0 Å². The van der Waals surface area contributed by atoms with Crippen molar-refractivity contribution in [1.82, 2.24) is 4.72 Å². The number of carbonyl (C=O) groups excluding carboxylic acids is 1. The highest BCUT2D eigenvalue weighted by molar-refractivity contribution is 7.90. The van der Waals surface area contributed by atoms with E-state index < -0.39 is 26.9 Å². The van der Waals surface area contributed by atoms with Crippen molar-refractivity contribution in [3.05, 3.63) is 65.7 Å². The van der Waals surface area contributed by atoms with Gasteiger partial charge in [0.25, 0.3) is 0 Å². The smallest absolute Gasteiger partial charge is 0.332 e. The fraction of sp³-hybridized carbons (Fsp3) is 0.316. The highest BCUT2D eigenvalue weighted by Gasteiger charge is 2.62. The van der Waals surface area contributed by atoms with Gasteiger partial charge in [-0.2, -0.15) is 4.72 Å². The van der Waals surface area contributed by atoms with Gasteiger partial charge < -0.3 is 4.74 Å². The molecule has 0 spiro atoms. The average molecular weight is 359 g/mol. The molecule has 1 aliphatic heterocycles. The maximum Gasteiger partial charge on any atom is 0.332 e. The topological polar surface area (TPSA) is 72.5 Å². The first-order chi connectivity index (χ1) is 11.8. The molecule has 0 amide bonds. The highest BCUT2D eigenvalue weighted by atomic mass is 32.2. The number of sulfonamides is 1. The van der Waals surface area contributed by atoms with Gasteiger partial charge in [-0.05, 0) is 18.6 Å². The Morgan fingerprint density at radius 3 is 2.32 bits per heavy atom. The van der Waals surface area contributed by atoms with E-state index in [1.165, 1.54) is 6.07 Å². The minimum Gasteiger partial charge on any atom is -0.464 e. The summed E-state index contributed by atoms with van der Waals surface area (Å²) in [6.07, 6.45) is 0. The van der Waals surface area contributed by atoms with E-state index in [9.17, 15) is 13.2 Å². The molecule has 3 rings (SSSR count). The number of carbonyl (C=O) groups is 1. The van der Waals surface area contributed by atoms with Gasteiger partial charge >= 0.3 is 5.97 Å². The summed E-state index contributed by atoms with van der Waals surface area (Å²) < 4.78 is 33.4. The number of hydrogen-bond acceptors (Lipinski definition) is 4. The van der Waals surface area contributed by atoms with Crippen LogP contribution in [0.25, 0.3) is 0 Å². The molecule has 0 saturated heterocycles. The number of hydrogen-bond donors (Lipinski definition) is 1. The molecule has 2 aromatic carbocycles. The summed E-state index contributed by atoms with van der Waals surface area (Å²) >= 11 is 0. The average Bonchev–Trinajstić information content (AvgIpc) is 2.86. The molecule has 1 N–H and O–H groups in total. The van der Waals surface area contributed by atoms with Crippen molar-refractivity contribution in [2.24, 2.45) is 0 Å². The molecule has 5 nitrogen and oxygen atoms in total. The SMILES string of the molecule is CCOC(=O)[C@]1(C(C)(C)c2ccccc2)NS(=O)(=O)c2ccccc21. The predicted molar refractivity (Wildman–Crippen MR) is 94.5 cm³/mol. The third-order valence-electron chi connectivity index (χ3n) is 4.88. The van der Waals surface area contributed by atoms with E-state index in [0.717, 1.165) is 5.56 Å². The van der Waals surface area contributed by atoms with Crippen LogP contribution in [-0.4, -0.2) is 21.0 Å².